The zero-order valence-electron chi connectivity index (χ0n) is 30.0. The molecule has 0 saturated carbocycles. The molecule has 0 aliphatic heterocycles. The summed E-state index contributed by atoms with van der Waals surface area (Å²) in [7, 11) is 0. The number of fused-ring (bicyclic) bond motifs is 3. The molecule has 0 fully saturated rings. The van der Waals surface area contributed by atoms with Gasteiger partial charge in [0.05, 0.1) is 0 Å². The zero-order valence-corrected chi connectivity index (χ0v) is 33.1. The van der Waals surface area contributed by atoms with E-state index in [-0.39, 0.29) is 40.8 Å². The maximum Gasteiger partial charge on any atom is 2.00 e. The Morgan fingerprint density at radius 1 is 0.500 bits per heavy atom. The van der Waals surface area contributed by atoms with Gasteiger partial charge in [0.2, 0.25) is 5.95 Å². The average Bonchev–Trinajstić information content (AvgIpc) is 3.48. The van der Waals surface area contributed by atoms with Crippen LogP contribution in [0, 0.1) is 36.1 Å². The molecule has 0 N–H and O–H groups in total. The van der Waals surface area contributed by atoms with Crippen LogP contribution >= 0.6 is 0 Å². The first-order chi connectivity index (χ1) is 25.4. The van der Waals surface area contributed by atoms with Crippen molar-refractivity contribution in [3.8, 4) is 51.5 Å². The van der Waals surface area contributed by atoms with Crippen LogP contribution in [0.2, 0.25) is 0 Å². The van der Waals surface area contributed by atoms with Crippen LogP contribution in [-0.2, 0) is 40.8 Å². The molecule has 4 aromatic heterocycles. The Labute approximate surface area is 343 Å². The largest absolute Gasteiger partial charge is 2.00 e. The number of benzene rings is 4. The van der Waals surface area contributed by atoms with Crippen molar-refractivity contribution in [1.29, 1.82) is 0 Å². The van der Waals surface area contributed by atoms with E-state index in [1.807, 2.05) is 114 Å². The van der Waals surface area contributed by atoms with Gasteiger partial charge in [-0.25, -0.2) is 9.97 Å². The van der Waals surface area contributed by atoms with Gasteiger partial charge in [-0.05, 0) is 46.8 Å². The number of hydrogen-bond acceptors (Lipinski definition) is 6. The molecule has 7 nitrogen and oxygen atoms in total. The maximum absolute atomic E-state index is 6.35. The third-order valence-corrected chi connectivity index (χ3v) is 9.07. The molecule has 4 aromatic carbocycles. The Morgan fingerprint density at radius 3 is 1.39 bits per heavy atom. The summed E-state index contributed by atoms with van der Waals surface area (Å²) in [5.41, 5.74) is 5.94. The molecule has 4 heterocycles. The maximum atomic E-state index is 6.35. The van der Waals surface area contributed by atoms with Gasteiger partial charge < -0.3 is 24.0 Å². The third-order valence-electron chi connectivity index (χ3n) is 9.07. The normalized spacial score (nSPS) is 11.2. The van der Waals surface area contributed by atoms with Gasteiger partial charge >= 0.3 is 40.8 Å². The van der Waals surface area contributed by atoms with Gasteiger partial charge in [-0.2, -0.15) is 22.9 Å². The minimum absolute atomic E-state index is 0. The molecule has 0 aliphatic carbocycles. The van der Waals surface area contributed by atoms with E-state index in [9.17, 15) is 0 Å². The molecule has 54 heavy (non-hydrogen) atoms. The number of ether oxygens (including phenoxy) is 2. The molecule has 9 heteroatoms. The molecule has 0 saturated heterocycles. The van der Waals surface area contributed by atoms with Gasteiger partial charge in [-0.1, -0.05) is 75.1 Å². The molecule has 272 valence electrons. The van der Waals surface area contributed by atoms with Crippen molar-refractivity contribution in [2.24, 2.45) is 11.8 Å². The minimum atomic E-state index is 0. The van der Waals surface area contributed by atoms with Crippen molar-refractivity contribution >= 4 is 21.8 Å². The van der Waals surface area contributed by atoms with Crippen LogP contribution < -0.4 is 9.47 Å². The average molecular weight is 891 g/mol. The first kappa shape index (κ1) is 38.7. The summed E-state index contributed by atoms with van der Waals surface area (Å²) in [6.07, 6.45) is 7.43. The van der Waals surface area contributed by atoms with Crippen LogP contribution in [0.15, 0.2) is 122 Å². The number of aromatic nitrogens is 5. The van der Waals surface area contributed by atoms with E-state index < -0.39 is 0 Å². The van der Waals surface area contributed by atoms with Crippen molar-refractivity contribution in [3.63, 3.8) is 0 Å². The second kappa shape index (κ2) is 17.0. The van der Waals surface area contributed by atoms with Crippen molar-refractivity contribution in [3.05, 3.63) is 152 Å². The van der Waals surface area contributed by atoms with E-state index in [0.717, 1.165) is 49.9 Å². The van der Waals surface area contributed by atoms with E-state index in [2.05, 4.69) is 61.9 Å². The molecule has 8 aromatic rings. The summed E-state index contributed by atoms with van der Waals surface area (Å²) in [6.45, 7) is 8.97. The second-order valence-electron chi connectivity index (χ2n) is 13.3. The van der Waals surface area contributed by atoms with Gasteiger partial charge in [-0.15, -0.1) is 71.8 Å². The predicted molar refractivity (Wildman–Crippen MR) is 204 cm³/mol. The topological polar surface area (TPSA) is 75.0 Å². The van der Waals surface area contributed by atoms with Crippen molar-refractivity contribution in [2.75, 3.05) is 0 Å². The van der Waals surface area contributed by atoms with E-state index >= 15 is 0 Å². The fraction of sp³-hybridized carbons (Fsp3) is 0.156. The summed E-state index contributed by atoms with van der Waals surface area (Å²) in [5, 5.41) is 1.91. The first-order valence-electron chi connectivity index (χ1n) is 17.4. The van der Waals surface area contributed by atoms with Gasteiger partial charge in [0.15, 0.2) is 0 Å². The second-order valence-corrected chi connectivity index (χ2v) is 13.3. The predicted octanol–water partition coefficient (Wildman–Crippen LogP) is 10.9. The number of rotatable bonds is 10. The van der Waals surface area contributed by atoms with Crippen molar-refractivity contribution < 1.29 is 50.3 Å². The zero-order chi connectivity index (χ0) is 35.6. The van der Waals surface area contributed by atoms with Crippen LogP contribution in [0.25, 0.3) is 50.3 Å². The Hall–Kier alpha value is -5.02. The Balaban J connectivity index is 0.00000249. The molecule has 0 radical (unpaired) electrons. The van der Waals surface area contributed by atoms with Crippen molar-refractivity contribution in [1.82, 2.24) is 24.5 Å². The van der Waals surface area contributed by atoms with E-state index in [0.29, 0.717) is 46.7 Å². The summed E-state index contributed by atoms with van der Waals surface area (Å²) >= 11 is 0. The number of pyridine rings is 2. The van der Waals surface area contributed by atoms with Gasteiger partial charge in [0, 0.05) is 47.8 Å². The quantitative estimate of drug-likeness (QED) is 0.101. The number of nitrogens with zero attached hydrogens (tertiary/aromatic N) is 5. The SMILES string of the molecule is CC(C)C(c1cnc(-n2c3[c-]c(Oc4[c-]c(-c5ccccn5)ccc4)ccc3c3ccc(Oc4[c-]c(-c5ccccn5)ccc4)[c-]c32)nc1)C(C)C.[Pd+2].[Pd+2]. The fourth-order valence-corrected chi connectivity index (χ4v) is 6.90. The fourth-order valence-electron chi connectivity index (χ4n) is 6.90. The molecular weight excluding hydrogens is 855 g/mol. The van der Waals surface area contributed by atoms with E-state index in [1.165, 1.54) is 0 Å². The molecule has 0 atom stereocenters. The van der Waals surface area contributed by atoms with Gasteiger partial charge in [0.25, 0.3) is 0 Å². The van der Waals surface area contributed by atoms with Crippen LogP contribution in [-0.4, -0.2) is 24.5 Å². The molecule has 8 rings (SSSR count). The standard InChI is InChI=1S/C45H35N5O2.2Pd/c1-29(2)44(30(3)4)33-27-48-45(49-28-33)50-42-25-36(51-34-13-9-11-31(23-34)40-15-5-7-21-46-40)17-19-38(42)39-20-18-37(26-43(39)50)52-35-14-10-12-32(24-35)41-16-6-8-22-47-41;;/h5-22,27-30,44H,1-4H3;;/q-4;2*+2. The minimum Gasteiger partial charge on any atom is -0.503 e. The molecule has 0 unspecified atom stereocenters. The molecular formula is C45H35N5O2Pd2. The first-order valence-corrected chi connectivity index (χ1v) is 17.4. The van der Waals surface area contributed by atoms with E-state index in [1.54, 1.807) is 12.4 Å². The summed E-state index contributed by atoms with van der Waals surface area (Å²) in [6, 6.07) is 44.7. The molecule has 0 spiro atoms. The number of hydrogen-bond donors (Lipinski definition) is 0. The van der Waals surface area contributed by atoms with Crippen LogP contribution in [0.3, 0.4) is 0 Å². The molecule has 0 aliphatic rings. The summed E-state index contributed by atoms with van der Waals surface area (Å²) in [4.78, 5) is 18.8. The van der Waals surface area contributed by atoms with Gasteiger partial charge in [-0.3, -0.25) is 0 Å². The van der Waals surface area contributed by atoms with Crippen molar-refractivity contribution in [2.45, 2.75) is 33.6 Å². The summed E-state index contributed by atoms with van der Waals surface area (Å²) in [5.74, 6) is 3.91. The summed E-state index contributed by atoms with van der Waals surface area (Å²) < 4.78 is 14.7. The smallest absolute Gasteiger partial charge is 0.503 e. The third kappa shape index (κ3) is 8.07. The monoisotopic (exact) mass is 889 g/mol. The molecule has 0 bridgehead atoms. The Bertz CT molecular complexity index is 2340. The van der Waals surface area contributed by atoms with Gasteiger partial charge in [0.1, 0.15) is 0 Å². The molecule has 0 amide bonds. The van der Waals surface area contributed by atoms with Crippen LogP contribution in [0.1, 0.15) is 39.2 Å². The van der Waals surface area contributed by atoms with Crippen LogP contribution in [0.4, 0.5) is 0 Å². The van der Waals surface area contributed by atoms with Crippen LogP contribution in [0.5, 0.6) is 23.0 Å². The Kier molecular flexibility index (Phi) is 12.2. The Morgan fingerprint density at radius 2 is 0.963 bits per heavy atom. The van der Waals surface area contributed by atoms with E-state index in [4.69, 9.17) is 19.4 Å².